The molecule has 0 bridgehead atoms. The number of fused-ring (bicyclic) bond motifs is 1. The van der Waals surface area contributed by atoms with Crippen LogP contribution in [0.15, 0.2) is 24.3 Å². The molecule has 0 spiro atoms. The highest BCUT2D eigenvalue weighted by atomic mass is 16.3. The van der Waals surface area contributed by atoms with Crippen molar-refractivity contribution in [1.29, 1.82) is 0 Å². The maximum atomic E-state index is 12.3. The minimum absolute atomic E-state index is 0.00534. The smallest absolute Gasteiger partial charge is 0.241 e. The molecule has 1 amide bonds. The van der Waals surface area contributed by atoms with Crippen molar-refractivity contribution in [3.05, 3.63) is 24.3 Å². The second-order valence-electron chi connectivity index (χ2n) is 6.31. The van der Waals surface area contributed by atoms with Gasteiger partial charge in [0.05, 0.1) is 12.1 Å². The Morgan fingerprint density at radius 3 is 2.71 bits per heavy atom. The molecule has 1 aliphatic heterocycles. The molecule has 1 aromatic carbocycles. The second kappa shape index (κ2) is 5.66. The molecule has 1 aliphatic carbocycles. The number of nitrogens with one attached hydrogen (secondary N) is 1. The van der Waals surface area contributed by atoms with Crippen LogP contribution in [0.1, 0.15) is 19.8 Å². The molecule has 114 valence electrons. The summed E-state index contributed by atoms with van der Waals surface area (Å²) in [6.07, 6.45) is 1.80. The van der Waals surface area contributed by atoms with Crippen molar-refractivity contribution >= 4 is 17.3 Å². The van der Waals surface area contributed by atoms with Crippen LogP contribution >= 0.6 is 0 Å². The number of benzene rings is 1. The van der Waals surface area contributed by atoms with Gasteiger partial charge in [0.1, 0.15) is 0 Å². The summed E-state index contributed by atoms with van der Waals surface area (Å²) in [5.74, 6) is 0.887. The average Bonchev–Trinajstić information content (AvgIpc) is 3.03. The van der Waals surface area contributed by atoms with Crippen LogP contribution in [0.25, 0.3) is 0 Å². The lowest BCUT2D eigenvalue weighted by Crippen LogP contribution is -2.41. The van der Waals surface area contributed by atoms with E-state index in [-0.39, 0.29) is 18.1 Å². The largest absolute Gasteiger partial charge is 0.399 e. The maximum absolute atomic E-state index is 12.3. The molecule has 4 unspecified atom stereocenters. The summed E-state index contributed by atoms with van der Waals surface area (Å²) in [6, 6.07) is 6.99. The standard InChI is InChI=1S/C16H23N3O2/c1-10(16(21)18-13-5-3-12(17)4-6-13)19-8-11-2-7-15(20)14(11)9-19/h3-6,10-11,14-15,20H,2,7-9,17H2,1H3,(H,18,21). The van der Waals surface area contributed by atoms with E-state index in [9.17, 15) is 9.90 Å². The van der Waals surface area contributed by atoms with E-state index in [4.69, 9.17) is 5.73 Å². The van der Waals surface area contributed by atoms with Gasteiger partial charge in [0, 0.05) is 30.4 Å². The zero-order valence-electron chi connectivity index (χ0n) is 12.3. The zero-order valence-corrected chi connectivity index (χ0v) is 12.3. The monoisotopic (exact) mass is 289 g/mol. The predicted octanol–water partition coefficient (Wildman–Crippen LogP) is 1.30. The van der Waals surface area contributed by atoms with E-state index in [1.807, 2.05) is 19.1 Å². The molecule has 5 heteroatoms. The third kappa shape index (κ3) is 2.89. The summed E-state index contributed by atoms with van der Waals surface area (Å²) in [6.45, 7) is 3.67. The van der Waals surface area contributed by atoms with E-state index < -0.39 is 0 Å². The van der Waals surface area contributed by atoms with Gasteiger partial charge in [-0.15, -0.1) is 0 Å². The van der Waals surface area contributed by atoms with Crippen LogP contribution in [-0.2, 0) is 4.79 Å². The minimum Gasteiger partial charge on any atom is -0.399 e. The van der Waals surface area contributed by atoms with E-state index in [0.29, 0.717) is 17.5 Å². The highest BCUT2D eigenvalue weighted by molar-refractivity contribution is 5.94. The van der Waals surface area contributed by atoms with Gasteiger partial charge in [-0.2, -0.15) is 0 Å². The lowest BCUT2D eigenvalue weighted by Gasteiger charge is -2.24. The van der Waals surface area contributed by atoms with Crippen molar-refractivity contribution in [2.45, 2.75) is 31.9 Å². The van der Waals surface area contributed by atoms with Crippen LogP contribution in [0.2, 0.25) is 0 Å². The van der Waals surface area contributed by atoms with Gasteiger partial charge in [0.15, 0.2) is 0 Å². The Kier molecular flexibility index (Phi) is 3.87. The molecule has 4 atom stereocenters. The minimum atomic E-state index is -0.188. The van der Waals surface area contributed by atoms with Crippen molar-refractivity contribution in [3.8, 4) is 0 Å². The molecule has 2 fully saturated rings. The summed E-state index contributed by atoms with van der Waals surface area (Å²) in [7, 11) is 0. The predicted molar refractivity (Wildman–Crippen MR) is 82.7 cm³/mol. The highest BCUT2D eigenvalue weighted by Crippen LogP contribution is 2.38. The van der Waals surface area contributed by atoms with E-state index in [1.165, 1.54) is 0 Å². The average molecular weight is 289 g/mol. The highest BCUT2D eigenvalue weighted by Gasteiger charge is 2.43. The van der Waals surface area contributed by atoms with Gasteiger partial charge in [0.25, 0.3) is 0 Å². The fourth-order valence-corrected chi connectivity index (χ4v) is 3.57. The molecular formula is C16H23N3O2. The number of nitrogen functional groups attached to an aromatic ring is 1. The van der Waals surface area contributed by atoms with Gasteiger partial charge < -0.3 is 16.2 Å². The number of nitrogens with two attached hydrogens (primary N) is 1. The molecule has 1 aromatic rings. The lowest BCUT2D eigenvalue weighted by molar-refractivity contribution is -0.120. The number of carbonyl (C=O) groups excluding carboxylic acids is 1. The number of hydrogen-bond donors (Lipinski definition) is 3. The SMILES string of the molecule is CC(C(=O)Nc1ccc(N)cc1)N1CC2CCC(O)C2C1. The van der Waals surface area contributed by atoms with Gasteiger partial charge in [-0.3, -0.25) is 9.69 Å². The normalized spacial score (nSPS) is 30.1. The number of amides is 1. The van der Waals surface area contributed by atoms with Crippen molar-refractivity contribution in [2.24, 2.45) is 11.8 Å². The summed E-state index contributed by atoms with van der Waals surface area (Å²) < 4.78 is 0. The van der Waals surface area contributed by atoms with Gasteiger partial charge in [-0.25, -0.2) is 0 Å². The van der Waals surface area contributed by atoms with E-state index in [2.05, 4.69) is 10.2 Å². The number of likely N-dealkylation sites (tertiary alicyclic amines) is 1. The van der Waals surface area contributed by atoms with E-state index in [0.717, 1.165) is 31.6 Å². The van der Waals surface area contributed by atoms with Gasteiger partial charge >= 0.3 is 0 Å². The molecule has 0 aromatic heterocycles. The number of aliphatic hydroxyl groups excluding tert-OH is 1. The summed E-state index contributed by atoms with van der Waals surface area (Å²) in [5.41, 5.74) is 7.08. The fourth-order valence-electron chi connectivity index (χ4n) is 3.57. The molecule has 4 N–H and O–H groups in total. The Labute approximate surface area is 125 Å². The van der Waals surface area contributed by atoms with Crippen LogP contribution in [0.3, 0.4) is 0 Å². The van der Waals surface area contributed by atoms with Crippen LogP contribution in [0, 0.1) is 11.8 Å². The van der Waals surface area contributed by atoms with Crippen LogP contribution in [0.4, 0.5) is 11.4 Å². The molecule has 1 saturated carbocycles. The number of rotatable bonds is 3. The quantitative estimate of drug-likeness (QED) is 0.733. The number of nitrogens with zero attached hydrogens (tertiary/aromatic N) is 1. The van der Waals surface area contributed by atoms with Crippen LogP contribution in [0.5, 0.6) is 0 Å². The maximum Gasteiger partial charge on any atom is 0.241 e. The van der Waals surface area contributed by atoms with Gasteiger partial charge in [-0.1, -0.05) is 0 Å². The first kappa shape index (κ1) is 14.4. The van der Waals surface area contributed by atoms with Gasteiger partial charge in [-0.05, 0) is 49.9 Å². The zero-order chi connectivity index (χ0) is 15.0. The Hall–Kier alpha value is -1.59. The first-order valence-electron chi connectivity index (χ1n) is 7.63. The third-order valence-electron chi connectivity index (χ3n) is 4.95. The molecule has 5 nitrogen and oxygen atoms in total. The Bertz CT molecular complexity index is 517. The first-order valence-corrected chi connectivity index (χ1v) is 7.63. The molecule has 1 saturated heterocycles. The molecule has 2 aliphatic rings. The van der Waals surface area contributed by atoms with Crippen molar-refractivity contribution in [1.82, 2.24) is 4.90 Å². The molecule has 1 heterocycles. The Morgan fingerprint density at radius 1 is 1.33 bits per heavy atom. The van der Waals surface area contributed by atoms with E-state index >= 15 is 0 Å². The fraction of sp³-hybridized carbons (Fsp3) is 0.562. The number of aliphatic hydroxyl groups is 1. The van der Waals surface area contributed by atoms with Gasteiger partial charge in [0.2, 0.25) is 5.91 Å². The number of hydrogen-bond acceptors (Lipinski definition) is 4. The van der Waals surface area contributed by atoms with Crippen LogP contribution < -0.4 is 11.1 Å². The molecule has 21 heavy (non-hydrogen) atoms. The van der Waals surface area contributed by atoms with Crippen LogP contribution in [-0.4, -0.2) is 41.1 Å². The third-order valence-corrected chi connectivity index (χ3v) is 4.95. The van der Waals surface area contributed by atoms with E-state index in [1.54, 1.807) is 12.1 Å². The summed E-state index contributed by atoms with van der Waals surface area (Å²) >= 11 is 0. The van der Waals surface area contributed by atoms with Crippen molar-refractivity contribution in [3.63, 3.8) is 0 Å². The summed E-state index contributed by atoms with van der Waals surface area (Å²) in [5, 5.41) is 12.9. The van der Waals surface area contributed by atoms with Crippen molar-refractivity contribution in [2.75, 3.05) is 24.1 Å². The van der Waals surface area contributed by atoms with Crippen molar-refractivity contribution < 1.29 is 9.90 Å². The number of anilines is 2. The Balaban J connectivity index is 1.59. The molecule has 0 radical (unpaired) electrons. The molecule has 3 rings (SSSR count). The lowest BCUT2D eigenvalue weighted by atomic mass is 10.00. The number of carbonyl (C=O) groups is 1. The first-order chi connectivity index (χ1) is 10.0. The molecular weight excluding hydrogens is 266 g/mol. The topological polar surface area (TPSA) is 78.6 Å². The second-order valence-corrected chi connectivity index (χ2v) is 6.31. The summed E-state index contributed by atoms with van der Waals surface area (Å²) in [4.78, 5) is 14.5. The Morgan fingerprint density at radius 2 is 2.05 bits per heavy atom.